The van der Waals surface area contributed by atoms with Gasteiger partial charge in [-0.15, -0.1) is 0 Å². The number of nitro benzene ring substituents is 1. The van der Waals surface area contributed by atoms with Crippen molar-refractivity contribution in [1.82, 2.24) is 0 Å². The van der Waals surface area contributed by atoms with Crippen molar-refractivity contribution in [3.05, 3.63) is 106 Å². The summed E-state index contributed by atoms with van der Waals surface area (Å²) in [7, 11) is 0. The highest BCUT2D eigenvalue weighted by Gasteiger charge is 2.26. The Morgan fingerprint density at radius 3 is 2.07 bits per heavy atom. The van der Waals surface area contributed by atoms with Crippen molar-refractivity contribution in [2.75, 3.05) is 0 Å². The van der Waals surface area contributed by atoms with Gasteiger partial charge in [0.1, 0.15) is 5.71 Å². The summed E-state index contributed by atoms with van der Waals surface area (Å²) in [6.45, 7) is 0. The van der Waals surface area contributed by atoms with Crippen molar-refractivity contribution >= 4 is 23.4 Å². The van der Waals surface area contributed by atoms with Crippen LogP contribution < -0.4 is 0 Å². The van der Waals surface area contributed by atoms with Crippen LogP contribution in [-0.4, -0.2) is 16.6 Å². The van der Waals surface area contributed by atoms with Crippen molar-refractivity contribution in [2.45, 2.75) is 0 Å². The topological polar surface area (TPSA) is 81.8 Å². The van der Waals surface area contributed by atoms with E-state index in [1.54, 1.807) is 18.2 Å². The third-order valence-corrected chi connectivity index (χ3v) is 4.38. The largest absolute Gasteiger partial charge is 0.368 e. The third-order valence-electron chi connectivity index (χ3n) is 4.38. The number of benzene rings is 3. The first-order valence-electron chi connectivity index (χ1n) is 8.53. The Hall–Kier alpha value is -4.06. The van der Waals surface area contributed by atoms with E-state index in [1.807, 2.05) is 54.6 Å². The number of rotatable bonds is 4. The van der Waals surface area contributed by atoms with Crippen LogP contribution in [0.2, 0.25) is 0 Å². The van der Waals surface area contributed by atoms with E-state index in [0.717, 1.165) is 16.7 Å². The number of hydrogen-bond acceptors (Lipinski definition) is 5. The first kappa shape index (κ1) is 17.4. The predicted molar refractivity (Wildman–Crippen MR) is 106 cm³/mol. The Morgan fingerprint density at radius 1 is 0.821 bits per heavy atom. The van der Waals surface area contributed by atoms with Crippen molar-refractivity contribution in [1.29, 1.82) is 0 Å². The minimum atomic E-state index is -0.555. The molecule has 0 spiro atoms. The van der Waals surface area contributed by atoms with E-state index in [2.05, 4.69) is 5.16 Å². The average Bonchev–Trinajstić information content (AvgIpc) is 3.09. The minimum absolute atomic E-state index is 0.0125. The Morgan fingerprint density at radius 2 is 1.43 bits per heavy atom. The monoisotopic (exact) mass is 370 g/mol. The Kier molecular flexibility index (Phi) is 4.51. The van der Waals surface area contributed by atoms with Gasteiger partial charge in [0.05, 0.1) is 10.5 Å². The Bertz CT molecular complexity index is 1100. The van der Waals surface area contributed by atoms with E-state index in [1.165, 1.54) is 12.1 Å². The van der Waals surface area contributed by atoms with Gasteiger partial charge in [-0.3, -0.25) is 10.1 Å². The summed E-state index contributed by atoms with van der Waals surface area (Å²) in [5.74, 6) is -0.555. The summed E-state index contributed by atoms with van der Waals surface area (Å²) in [5.41, 5.74) is 4.27. The zero-order valence-electron chi connectivity index (χ0n) is 14.6. The first-order valence-corrected chi connectivity index (χ1v) is 8.53. The van der Waals surface area contributed by atoms with E-state index in [4.69, 9.17) is 4.84 Å². The molecule has 0 bridgehead atoms. The molecular formula is C22H14N2O4. The van der Waals surface area contributed by atoms with E-state index >= 15 is 0 Å². The summed E-state index contributed by atoms with van der Waals surface area (Å²) in [5, 5.41) is 14.7. The average molecular weight is 370 g/mol. The molecular weight excluding hydrogens is 356 g/mol. The SMILES string of the molecule is O=C1ON=C(c2ccc(-c3ccccc3)cc2)/C1=C/c1ccc([N+](=O)[O-])cc1. The van der Waals surface area contributed by atoms with Crippen LogP contribution >= 0.6 is 0 Å². The van der Waals surface area contributed by atoms with E-state index in [-0.39, 0.29) is 5.69 Å². The lowest BCUT2D eigenvalue weighted by Gasteiger charge is -2.04. The number of carbonyl (C=O) groups is 1. The normalized spacial score (nSPS) is 14.6. The van der Waals surface area contributed by atoms with Gasteiger partial charge in [0, 0.05) is 17.7 Å². The summed E-state index contributed by atoms with van der Waals surface area (Å²) in [6, 6.07) is 23.6. The molecule has 0 fully saturated rings. The molecule has 1 aliphatic heterocycles. The van der Waals surface area contributed by atoms with Crippen LogP contribution in [0.5, 0.6) is 0 Å². The molecule has 0 saturated heterocycles. The number of hydrogen-bond donors (Lipinski definition) is 0. The fraction of sp³-hybridized carbons (Fsp3) is 0. The lowest BCUT2D eigenvalue weighted by molar-refractivity contribution is -0.384. The number of nitro groups is 1. The Labute approximate surface area is 160 Å². The zero-order valence-corrected chi connectivity index (χ0v) is 14.6. The molecule has 0 radical (unpaired) electrons. The van der Waals surface area contributed by atoms with Gasteiger partial charge < -0.3 is 4.84 Å². The second-order valence-electron chi connectivity index (χ2n) is 6.17. The number of nitrogens with zero attached hydrogens (tertiary/aromatic N) is 2. The molecule has 0 aromatic heterocycles. The van der Waals surface area contributed by atoms with Crippen LogP contribution in [0.15, 0.2) is 89.6 Å². The fourth-order valence-electron chi connectivity index (χ4n) is 2.93. The number of oxime groups is 1. The highest BCUT2D eigenvalue weighted by atomic mass is 16.7. The minimum Gasteiger partial charge on any atom is -0.312 e. The van der Waals surface area contributed by atoms with Crippen LogP contribution in [0, 0.1) is 10.1 Å². The molecule has 3 aromatic carbocycles. The molecule has 0 atom stereocenters. The molecule has 1 heterocycles. The predicted octanol–water partition coefficient (Wildman–Crippen LogP) is 4.61. The van der Waals surface area contributed by atoms with Gasteiger partial charge >= 0.3 is 5.97 Å². The maximum absolute atomic E-state index is 12.1. The van der Waals surface area contributed by atoms with Crippen LogP contribution in [0.25, 0.3) is 17.2 Å². The first-order chi connectivity index (χ1) is 13.6. The zero-order chi connectivity index (χ0) is 19.5. The molecule has 28 heavy (non-hydrogen) atoms. The van der Waals surface area contributed by atoms with Gasteiger partial charge in [-0.25, -0.2) is 4.79 Å². The standard InChI is InChI=1S/C22H14N2O4/c25-22-20(14-15-6-12-19(13-7-15)24(26)27)21(23-28-22)18-10-8-17(9-11-18)16-4-2-1-3-5-16/h1-14H/b20-14-. The highest BCUT2D eigenvalue weighted by molar-refractivity contribution is 6.31. The molecule has 0 unspecified atom stereocenters. The molecule has 4 rings (SSSR count). The van der Waals surface area contributed by atoms with Crippen LogP contribution in [0.4, 0.5) is 5.69 Å². The molecule has 6 nitrogen and oxygen atoms in total. The Balaban J connectivity index is 1.63. The van der Waals surface area contributed by atoms with Gasteiger partial charge in [-0.2, -0.15) is 0 Å². The summed E-state index contributed by atoms with van der Waals surface area (Å²) >= 11 is 0. The lowest BCUT2D eigenvalue weighted by atomic mass is 9.98. The van der Waals surface area contributed by atoms with Crippen molar-refractivity contribution in [2.24, 2.45) is 5.16 Å². The molecule has 3 aromatic rings. The summed E-state index contributed by atoms with van der Waals surface area (Å²) in [6.07, 6.45) is 1.61. The maximum atomic E-state index is 12.1. The van der Waals surface area contributed by atoms with Crippen molar-refractivity contribution < 1.29 is 14.6 Å². The highest BCUT2D eigenvalue weighted by Crippen LogP contribution is 2.24. The molecule has 1 aliphatic rings. The van der Waals surface area contributed by atoms with Crippen LogP contribution in [-0.2, 0) is 9.63 Å². The molecule has 136 valence electrons. The number of carbonyl (C=O) groups excluding carboxylic acids is 1. The maximum Gasteiger partial charge on any atom is 0.368 e. The summed E-state index contributed by atoms with van der Waals surface area (Å²) in [4.78, 5) is 27.3. The quantitative estimate of drug-likeness (QED) is 0.291. The second kappa shape index (κ2) is 7.28. The van der Waals surface area contributed by atoms with Crippen molar-refractivity contribution in [3.8, 4) is 11.1 Å². The van der Waals surface area contributed by atoms with E-state index in [9.17, 15) is 14.9 Å². The van der Waals surface area contributed by atoms with Crippen LogP contribution in [0.3, 0.4) is 0 Å². The molecule has 0 aliphatic carbocycles. The third kappa shape index (κ3) is 3.43. The van der Waals surface area contributed by atoms with Gasteiger partial charge in [0.25, 0.3) is 5.69 Å². The molecule has 6 heteroatoms. The fourth-order valence-corrected chi connectivity index (χ4v) is 2.93. The van der Waals surface area contributed by atoms with Gasteiger partial charge in [-0.05, 0) is 34.9 Å². The second-order valence-corrected chi connectivity index (χ2v) is 6.17. The van der Waals surface area contributed by atoms with Crippen molar-refractivity contribution in [3.63, 3.8) is 0 Å². The van der Waals surface area contributed by atoms with Gasteiger partial charge in [-0.1, -0.05) is 59.8 Å². The molecule has 0 amide bonds. The summed E-state index contributed by atoms with van der Waals surface area (Å²) < 4.78 is 0. The van der Waals surface area contributed by atoms with Gasteiger partial charge in [0.15, 0.2) is 0 Å². The van der Waals surface area contributed by atoms with E-state index in [0.29, 0.717) is 16.8 Å². The van der Waals surface area contributed by atoms with Gasteiger partial charge in [0.2, 0.25) is 0 Å². The molecule has 0 saturated carbocycles. The number of non-ortho nitro benzene ring substituents is 1. The van der Waals surface area contributed by atoms with E-state index < -0.39 is 10.9 Å². The van der Waals surface area contributed by atoms with Crippen LogP contribution in [0.1, 0.15) is 11.1 Å². The smallest absolute Gasteiger partial charge is 0.312 e. The lowest BCUT2D eigenvalue weighted by Crippen LogP contribution is -2.06. The molecule has 0 N–H and O–H groups in total.